The van der Waals surface area contributed by atoms with E-state index < -0.39 is 0 Å². The van der Waals surface area contributed by atoms with Gasteiger partial charge in [0, 0.05) is 17.6 Å². The van der Waals surface area contributed by atoms with Crippen LogP contribution in [0.3, 0.4) is 0 Å². The van der Waals surface area contributed by atoms with Crippen molar-refractivity contribution in [1.82, 2.24) is 0 Å². The van der Waals surface area contributed by atoms with E-state index in [0.717, 1.165) is 13.0 Å². The van der Waals surface area contributed by atoms with E-state index in [-0.39, 0.29) is 0 Å². The molecule has 0 aliphatic heterocycles. The zero-order valence-corrected chi connectivity index (χ0v) is 9.68. The van der Waals surface area contributed by atoms with E-state index in [4.69, 9.17) is 0 Å². The van der Waals surface area contributed by atoms with E-state index in [0.29, 0.717) is 0 Å². The lowest BCUT2D eigenvalue weighted by Gasteiger charge is -2.08. The lowest BCUT2D eigenvalue weighted by Crippen LogP contribution is -2.01. The molecule has 0 bridgehead atoms. The first-order chi connectivity index (χ1) is 7.40. The highest BCUT2D eigenvalue weighted by atomic mass is 32.1. The van der Waals surface area contributed by atoms with Crippen LogP contribution in [0.1, 0.15) is 18.1 Å². The minimum Gasteiger partial charge on any atom is -0.380 e. The molecule has 0 aliphatic rings. The largest absolute Gasteiger partial charge is 0.380 e. The summed E-state index contributed by atoms with van der Waals surface area (Å²) in [6.07, 6.45) is 1.10. The monoisotopic (exact) mass is 217 g/mol. The predicted octanol–water partition coefficient (Wildman–Crippen LogP) is 3.92. The molecule has 15 heavy (non-hydrogen) atoms. The summed E-state index contributed by atoms with van der Waals surface area (Å²) >= 11 is 1.72. The van der Waals surface area contributed by atoms with Gasteiger partial charge in [-0.05, 0) is 29.0 Å². The summed E-state index contributed by atoms with van der Waals surface area (Å²) in [4.78, 5) is 0. The third-order valence-electron chi connectivity index (χ3n) is 2.50. The number of anilines is 1. The maximum Gasteiger partial charge on any atom is 0.0451 e. The normalized spacial score (nSPS) is 10.2. The van der Waals surface area contributed by atoms with E-state index in [9.17, 15) is 0 Å². The maximum atomic E-state index is 3.43. The van der Waals surface area contributed by atoms with Gasteiger partial charge in [-0.1, -0.05) is 31.2 Å². The van der Waals surface area contributed by atoms with Crippen LogP contribution in [0.4, 0.5) is 5.69 Å². The predicted molar refractivity (Wildman–Crippen MR) is 67.5 cm³/mol. The van der Waals surface area contributed by atoms with Gasteiger partial charge in [0.2, 0.25) is 0 Å². The summed E-state index contributed by atoms with van der Waals surface area (Å²) < 4.78 is 0. The molecule has 1 N–H and O–H groups in total. The number of rotatable bonds is 4. The highest BCUT2D eigenvalue weighted by molar-refractivity contribution is 7.08. The highest BCUT2D eigenvalue weighted by Gasteiger charge is 1.99. The minimum atomic E-state index is 0.917. The number of hydrogen-bond donors (Lipinski definition) is 1. The van der Waals surface area contributed by atoms with Crippen LogP contribution in [0.15, 0.2) is 41.1 Å². The van der Waals surface area contributed by atoms with Gasteiger partial charge in [0.15, 0.2) is 0 Å². The zero-order valence-electron chi connectivity index (χ0n) is 8.86. The molecule has 0 unspecified atom stereocenters. The SMILES string of the molecule is CCc1ccccc1CNc1ccsc1. The lowest BCUT2D eigenvalue weighted by molar-refractivity contribution is 1.05. The second-order valence-corrected chi connectivity index (χ2v) is 4.27. The Hall–Kier alpha value is -1.28. The number of thiophene rings is 1. The van der Waals surface area contributed by atoms with Gasteiger partial charge >= 0.3 is 0 Å². The topological polar surface area (TPSA) is 12.0 Å². The van der Waals surface area contributed by atoms with Crippen LogP contribution < -0.4 is 5.32 Å². The molecule has 0 fully saturated rings. The Bertz CT molecular complexity index is 406. The van der Waals surface area contributed by atoms with Crippen LogP contribution in [0.25, 0.3) is 0 Å². The molecule has 0 spiro atoms. The van der Waals surface area contributed by atoms with Gasteiger partial charge in [-0.15, -0.1) is 0 Å². The van der Waals surface area contributed by atoms with E-state index in [2.05, 4.69) is 53.3 Å². The van der Waals surface area contributed by atoms with Crippen LogP contribution >= 0.6 is 11.3 Å². The van der Waals surface area contributed by atoms with Crippen LogP contribution in [0, 0.1) is 0 Å². The summed E-state index contributed by atoms with van der Waals surface area (Å²) in [5, 5.41) is 7.65. The summed E-state index contributed by atoms with van der Waals surface area (Å²) in [6, 6.07) is 10.7. The van der Waals surface area contributed by atoms with Crippen molar-refractivity contribution >= 4 is 17.0 Å². The second-order valence-electron chi connectivity index (χ2n) is 3.49. The molecule has 0 saturated heterocycles. The van der Waals surface area contributed by atoms with Gasteiger partial charge in [0.05, 0.1) is 0 Å². The molecule has 1 heterocycles. The first-order valence-corrected chi connectivity index (χ1v) is 6.17. The first-order valence-electron chi connectivity index (χ1n) is 5.23. The Morgan fingerprint density at radius 2 is 1.93 bits per heavy atom. The minimum absolute atomic E-state index is 0.917. The molecule has 78 valence electrons. The molecular formula is C13H15NS. The molecule has 2 rings (SSSR count). The molecule has 2 aromatic rings. The number of nitrogens with one attached hydrogen (secondary N) is 1. The summed E-state index contributed by atoms with van der Waals surface area (Å²) in [6.45, 7) is 3.12. The second kappa shape index (κ2) is 4.99. The van der Waals surface area contributed by atoms with Gasteiger partial charge < -0.3 is 5.32 Å². The molecular weight excluding hydrogens is 202 g/mol. The Kier molecular flexibility index (Phi) is 3.41. The van der Waals surface area contributed by atoms with E-state index in [1.165, 1.54) is 16.8 Å². The molecule has 0 radical (unpaired) electrons. The summed E-state index contributed by atoms with van der Waals surface area (Å²) in [7, 11) is 0. The fourth-order valence-corrected chi connectivity index (χ4v) is 2.25. The van der Waals surface area contributed by atoms with Gasteiger partial charge in [-0.25, -0.2) is 0 Å². The van der Waals surface area contributed by atoms with E-state index in [1.807, 2.05) is 0 Å². The number of benzene rings is 1. The molecule has 1 aromatic carbocycles. The Balaban J connectivity index is 2.04. The molecule has 1 aromatic heterocycles. The van der Waals surface area contributed by atoms with Crippen LogP contribution in [0.5, 0.6) is 0 Å². The average molecular weight is 217 g/mol. The van der Waals surface area contributed by atoms with Crippen LogP contribution in [-0.2, 0) is 13.0 Å². The standard InChI is InChI=1S/C13H15NS/c1-2-11-5-3-4-6-12(11)9-14-13-7-8-15-10-13/h3-8,10,14H,2,9H2,1H3. The van der Waals surface area contributed by atoms with E-state index in [1.54, 1.807) is 11.3 Å². The molecule has 0 aliphatic carbocycles. The van der Waals surface area contributed by atoms with Gasteiger partial charge in [-0.3, -0.25) is 0 Å². The summed E-state index contributed by atoms with van der Waals surface area (Å²) in [5.74, 6) is 0. The number of hydrogen-bond acceptors (Lipinski definition) is 2. The fourth-order valence-electron chi connectivity index (χ4n) is 1.64. The van der Waals surface area contributed by atoms with Crippen molar-refractivity contribution in [2.45, 2.75) is 19.9 Å². The van der Waals surface area contributed by atoms with Crippen molar-refractivity contribution in [2.75, 3.05) is 5.32 Å². The quantitative estimate of drug-likeness (QED) is 0.818. The third-order valence-corrected chi connectivity index (χ3v) is 3.19. The van der Waals surface area contributed by atoms with Gasteiger partial charge in [0.1, 0.15) is 0 Å². The average Bonchev–Trinajstić information content (AvgIpc) is 2.79. The first kappa shape index (κ1) is 10.2. The van der Waals surface area contributed by atoms with Crippen molar-refractivity contribution in [3.63, 3.8) is 0 Å². The van der Waals surface area contributed by atoms with Gasteiger partial charge in [-0.2, -0.15) is 11.3 Å². The van der Waals surface area contributed by atoms with Crippen molar-refractivity contribution in [3.8, 4) is 0 Å². The van der Waals surface area contributed by atoms with Crippen LogP contribution in [0.2, 0.25) is 0 Å². The Morgan fingerprint density at radius 3 is 2.60 bits per heavy atom. The Labute approximate surface area is 94.8 Å². The fraction of sp³-hybridized carbons (Fsp3) is 0.231. The van der Waals surface area contributed by atoms with Crippen LogP contribution in [-0.4, -0.2) is 0 Å². The third kappa shape index (κ3) is 2.60. The Morgan fingerprint density at radius 1 is 1.13 bits per heavy atom. The molecule has 0 saturated carbocycles. The maximum absolute atomic E-state index is 3.43. The van der Waals surface area contributed by atoms with Crippen molar-refractivity contribution in [1.29, 1.82) is 0 Å². The number of aryl methyl sites for hydroxylation is 1. The zero-order chi connectivity index (χ0) is 10.5. The van der Waals surface area contributed by atoms with Crippen molar-refractivity contribution in [3.05, 3.63) is 52.2 Å². The summed E-state index contributed by atoms with van der Waals surface area (Å²) in [5.41, 5.74) is 4.04. The molecule has 0 atom stereocenters. The smallest absolute Gasteiger partial charge is 0.0451 e. The van der Waals surface area contributed by atoms with E-state index >= 15 is 0 Å². The van der Waals surface area contributed by atoms with Gasteiger partial charge in [0.25, 0.3) is 0 Å². The van der Waals surface area contributed by atoms with Crippen molar-refractivity contribution in [2.24, 2.45) is 0 Å². The highest BCUT2D eigenvalue weighted by Crippen LogP contribution is 2.15. The molecule has 1 nitrogen and oxygen atoms in total. The molecule has 0 amide bonds. The molecule has 2 heteroatoms. The van der Waals surface area contributed by atoms with Crippen molar-refractivity contribution < 1.29 is 0 Å². The lowest BCUT2D eigenvalue weighted by atomic mass is 10.1.